The molecule has 0 radical (unpaired) electrons. The fourth-order valence-electron chi connectivity index (χ4n) is 3.47. The summed E-state index contributed by atoms with van der Waals surface area (Å²) >= 11 is 0. The molecule has 2 N–H and O–H groups in total. The lowest BCUT2D eigenvalue weighted by Crippen LogP contribution is -2.43. The third-order valence-corrected chi connectivity index (χ3v) is 4.96. The van der Waals surface area contributed by atoms with E-state index in [0.717, 1.165) is 37.6 Å². The SMILES string of the molecule is CCn1c(=O)c2[nH]c(-c3ccc(N4CCNCC4)nc3)nc2n(CC)c1=O. The molecule has 4 rings (SSSR count). The van der Waals surface area contributed by atoms with Gasteiger partial charge in [0.15, 0.2) is 5.65 Å². The van der Waals surface area contributed by atoms with Gasteiger partial charge in [0.05, 0.1) is 0 Å². The van der Waals surface area contributed by atoms with Gasteiger partial charge in [-0.3, -0.25) is 13.9 Å². The van der Waals surface area contributed by atoms with Crippen molar-refractivity contribution < 1.29 is 0 Å². The number of imidazole rings is 1. The number of nitrogens with one attached hydrogen (secondary N) is 2. The van der Waals surface area contributed by atoms with E-state index in [0.29, 0.717) is 30.1 Å². The summed E-state index contributed by atoms with van der Waals surface area (Å²) in [5, 5.41) is 3.32. The van der Waals surface area contributed by atoms with Gasteiger partial charge in [-0.15, -0.1) is 0 Å². The lowest BCUT2D eigenvalue weighted by molar-refractivity contribution is 0.585. The Balaban J connectivity index is 1.77. The summed E-state index contributed by atoms with van der Waals surface area (Å²) in [6.07, 6.45) is 1.75. The van der Waals surface area contributed by atoms with Crippen molar-refractivity contribution in [3.05, 3.63) is 39.2 Å². The van der Waals surface area contributed by atoms with Gasteiger partial charge in [-0.25, -0.2) is 14.8 Å². The zero-order chi connectivity index (χ0) is 19.0. The number of rotatable bonds is 4. The minimum absolute atomic E-state index is 0.322. The molecular formula is C18H23N7O2. The highest BCUT2D eigenvalue weighted by atomic mass is 16.2. The average Bonchev–Trinajstić information content (AvgIpc) is 3.15. The molecule has 0 aliphatic carbocycles. The average molecular weight is 369 g/mol. The van der Waals surface area contributed by atoms with Crippen molar-refractivity contribution in [2.75, 3.05) is 31.1 Å². The first-order valence-electron chi connectivity index (χ1n) is 9.29. The molecule has 0 saturated carbocycles. The van der Waals surface area contributed by atoms with Crippen LogP contribution in [0.25, 0.3) is 22.6 Å². The molecule has 0 spiro atoms. The van der Waals surface area contributed by atoms with Gasteiger partial charge < -0.3 is 15.2 Å². The van der Waals surface area contributed by atoms with E-state index in [4.69, 9.17) is 0 Å². The van der Waals surface area contributed by atoms with E-state index < -0.39 is 0 Å². The van der Waals surface area contributed by atoms with Crippen LogP contribution in [0, 0.1) is 0 Å². The number of aryl methyl sites for hydroxylation is 1. The summed E-state index contributed by atoms with van der Waals surface area (Å²) in [5.74, 6) is 1.46. The molecule has 1 fully saturated rings. The lowest BCUT2D eigenvalue weighted by Gasteiger charge is -2.28. The van der Waals surface area contributed by atoms with Gasteiger partial charge in [-0.2, -0.15) is 0 Å². The van der Waals surface area contributed by atoms with Gasteiger partial charge in [-0.1, -0.05) is 0 Å². The van der Waals surface area contributed by atoms with Crippen molar-refractivity contribution in [1.29, 1.82) is 0 Å². The normalized spacial score (nSPS) is 14.8. The number of hydrogen-bond acceptors (Lipinski definition) is 6. The van der Waals surface area contributed by atoms with Crippen molar-refractivity contribution in [1.82, 2.24) is 29.4 Å². The Labute approximate surface area is 155 Å². The first-order valence-corrected chi connectivity index (χ1v) is 9.29. The minimum atomic E-state index is -0.341. The number of piperazine rings is 1. The molecule has 0 amide bonds. The molecule has 0 bridgehead atoms. The van der Waals surface area contributed by atoms with Crippen molar-refractivity contribution in [3.63, 3.8) is 0 Å². The molecule has 1 aliphatic rings. The third-order valence-electron chi connectivity index (χ3n) is 4.96. The van der Waals surface area contributed by atoms with E-state index in [1.165, 1.54) is 9.13 Å². The molecule has 142 valence electrons. The second-order valence-corrected chi connectivity index (χ2v) is 6.50. The van der Waals surface area contributed by atoms with Crippen molar-refractivity contribution >= 4 is 17.0 Å². The van der Waals surface area contributed by atoms with Crippen LogP contribution >= 0.6 is 0 Å². The van der Waals surface area contributed by atoms with E-state index in [2.05, 4.69) is 25.2 Å². The highest BCUT2D eigenvalue weighted by Crippen LogP contribution is 2.20. The van der Waals surface area contributed by atoms with Crippen LogP contribution in [0.15, 0.2) is 27.9 Å². The first kappa shape index (κ1) is 17.5. The standard InChI is InChI=1S/C18H23N7O2/c1-3-24-16-14(17(26)25(4-2)18(24)27)21-15(22-16)12-5-6-13(20-11-12)23-9-7-19-8-10-23/h5-6,11,19H,3-4,7-10H2,1-2H3,(H,21,22). The Morgan fingerprint density at radius 2 is 1.81 bits per heavy atom. The number of H-pyrrole nitrogens is 1. The molecule has 0 atom stereocenters. The van der Waals surface area contributed by atoms with Crippen LogP contribution in [-0.2, 0) is 13.1 Å². The van der Waals surface area contributed by atoms with E-state index in [1.807, 2.05) is 19.1 Å². The minimum Gasteiger partial charge on any atom is -0.354 e. The lowest BCUT2D eigenvalue weighted by atomic mass is 10.2. The first-order chi connectivity index (χ1) is 13.1. The smallest absolute Gasteiger partial charge is 0.332 e. The molecule has 9 heteroatoms. The second-order valence-electron chi connectivity index (χ2n) is 6.50. The molecule has 1 saturated heterocycles. The molecule has 0 aromatic carbocycles. The zero-order valence-corrected chi connectivity index (χ0v) is 15.5. The van der Waals surface area contributed by atoms with Gasteiger partial charge in [0.25, 0.3) is 5.56 Å². The summed E-state index contributed by atoms with van der Waals surface area (Å²) < 4.78 is 2.74. The topological polar surface area (TPSA) is 101 Å². The van der Waals surface area contributed by atoms with E-state index in [1.54, 1.807) is 13.1 Å². The number of aromatic amines is 1. The van der Waals surface area contributed by atoms with E-state index in [-0.39, 0.29) is 11.2 Å². The van der Waals surface area contributed by atoms with Crippen LogP contribution in [-0.4, -0.2) is 50.3 Å². The Kier molecular flexibility index (Phi) is 4.53. The molecule has 3 aromatic heterocycles. The van der Waals surface area contributed by atoms with Crippen molar-refractivity contribution in [2.45, 2.75) is 26.9 Å². The number of pyridine rings is 1. The maximum absolute atomic E-state index is 12.6. The summed E-state index contributed by atoms with van der Waals surface area (Å²) in [6.45, 7) is 8.17. The number of fused-ring (bicyclic) bond motifs is 1. The van der Waals surface area contributed by atoms with Crippen molar-refractivity contribution in [3.8, 4) is 11.4 Å². The summed E-state index contributed by atoms with van der Waals surface area (Å²) in [7, 11) is 0. The molecule has 4 heterocycles. The van der Waals surface area contributed by atoms with E-state index >= 15 is 0 Å². The van der Waals surface area contributed by atoms with Crippen molar-refractivity contribution in [2.24, 2.45) is 0 Å². The Bertz CT molecular complexity index is 1070. The third kappa shape index (κ3) is 2.93. The fraction of sp³-hybridized carbons (Fsp3) is 0.444. The largest absolute Gasteiger partial charge is 0.354 e. The van der Waals surface area contributed by atoms with Gasteiger partial charge >= 0.3 is 5.69 Å². The number of hydrogen-bond donors (Lipinski definition) is 2. The van der Waals surface area contributed by atoms with Crippen LogP contribution < -0.4 is 21.5 Å². The van der Waals surface area contributed by atoms with Crippen LogP contribution in [0.5, 0.6) is 0 Å². The predicted molar refractivity (Wildman–Crippen MR) is 104 cm³/mol. The monoisotopic (exact) mass is 369 g/mol. The molecule has 1 aliphatic heterocycles. The Morgan fingerprint density at radius 1 is 1.07 bits per heavy atom. The quantitative estimate of drug-likeness (QED) is 0.690. The maximum atomic E-state index is 12.6. The molecule has 0 unspecified atom stereocenters. The summed E-state index contributed by atoms with van der Waals surface area (Å²) in [4.78, 5) is 39.5. The van der Waals surface area contributed by atoms with Crippen LogP contribution in [0.4, 0.5) is 5.82 Å². The Morgan fingerprint density at radius 3 is 2.44 bits per heavy atom. The van der Waals surface area contributed by atoms with Gasteiger partial charge in [0, 0.05) is 51.0 Å². The van der Waals surface area contributed by atoms with Crippen LogP contribution in [0.2, 0.25) is 0 Å². The summed E-state index contributed by atoms with van der Waals surface area (Å²) in [6, 6.07) is 3.90. The highest BCUT2D eigenvalue weighted by molar-refractivity contribution is 5.75. The predicted octanol–water partition coefficient (Wildman–Crippen LogP) is 0.398. The van der Waals surface area contributed by atoms with Gasteiger partial charge in [-0.05, 0) is 26.0 Å². The number of aromatic nitrogens is 5. The Hall–Kier alpha value is -2.94. The molecule has 9 nitrogen and oxygen atoms in total. The summed E-state index contributed by atoms with van der Waals surface area (Å²) in [5.41, 5.74) is 0.842. The van der Waals surface area contributed by atoms with Gasteiger partial charge in [0.1, 0.15) is 17.2 Å². The van der Waals surface area contributed by atoms with Crippen LogP contribution in [0.3, 0.4) is 0 Å². The zero-order valence-electron chi connectivity index (χ0n) is 15.5. The molecule has 3 aromatic rings. The van der Waals surface area contributed by atoms with Gasteiger partial charge in [0.2, 0.25) is 0 Å². The highest BCUT2D eigenvalue weighted by Gasteiger charge is 2.17. The second kappa shape index (κ2) is 6.99. The molecule has 27 heavy (non-hydrogen) atoms. The maximum Gasteiger partial charge on any atom is 0.332 e. The number of anilines is 1. The van der Waals surface area contributed by atoms with E-state index in [9.17, 15) is 9.59 Å². The van der Waals surface area contributed by atoms with Crippen LogP contribution in [0.1, 0.15) is 13.8 Å². The number of nitrogens with zero attached hydrogens (tertiary/aromatic N) is 5. The fourth-order valence-corrected chi connectivity index (χ4v) is 3.47. The molecular weight excluding hydrogens is 346 g/mol.